The highest BCUT2D eigenvalue weighted by Gasteiger charge is 2.38. The van der Waals surface area contributed by atoms with Crippen LogP contribution in [-0.4, -0.2) is 36.3 Å². The average Bonchev–Trinajstić information content (AvgIpc) is 3.35. The Kier molecular flexibility index (Phi) is 6.32. The quantitative estimate of drug-likeness (QED) is 0.679. The summed E-state index contributed by atoms with van der Waals surface area (Å²) in [4.78, 5) is 12.9. The molecule has 0 spiro atoms. The van der Waals surface area contributed by atoms with E-state index in [4.69, 9.17) is 5.73 Å². The summed E-state index contributed by atoms with van der Waals surface area (Å²) in [7, 11) is -3.43. The summed E-state index contributed by atoms with van der Waals surface area (Å²) in [6.07, 6.45) is 3.58. The number of nitrogens with zero attached hydrogens (tertiary/aromatic N) is 2. The molecular weight excluding hydrogens is 436 g/mol. The summed E-state index contributed by atoms with van der Waals surface area (Å²) >= 11 is 0. The molecule has 2 aliphatic rings. The van der Waals surface area contributed by atoms with Gasteiger partial charge in [-0.3, -0.25) is 4.79 Å². The summed E-state index contributed by atoms with van der Waals surface area (Å²) in [5.41, 5.74) is 8.99. The zero-order valence-corrected chi connectivity index (χ0v) is 19.9. The van der Waals surface area contributed by atoms with Gasteiger partial charge in [0, 0.05) is 19.0 Å². The molecule has 4 rings (SSSR count). The number of amides is 1. The van der Waals surface area contributed by atoms with E-state index in [0.717, 1.165) is 35.1 Å². The molecule has 1 fully saturated rings. The van der Waals surface area contributed by atoms with Crippen molar-refractivity contribution in [2.24, 2.45) is 5.73 Å². The highest BCUT2D eigenvalue weighted by Crippen LogP contribution is 2.35. The summed E-state index contributed by atoms with van der Waals surface area (Å²) in [6.45, 7) is 4.13. The topological polar surface area (TPSA) is 116 Å². The fourth-order valence-corrected chi connectivity index (χ4v) is 6.52. The largest absolute Gasteiger partial charge is 0.338 e. The number of rotatable bonds is 6. The van der Waals surface area contributed by atoms with Gasteiger partial charge in [-0.05, 0) is 61.1 Å². The SMILES string of the molecule is CC(C)N1Cc2cc(-c3ccc(C[C@@H](C#N)NC(=O)C4(N)CCCC4)cc3)ccc2S1(=O)=O. The average molecular weight is 467 g/mol. The summed E-state index contributed by atoms with van der Waals surface area (Å²) in [6, 6.07) is 14.7. The molecular formula is C25H30N4O3S. The number of nitriles is 1. The minimum absolute atomic E-state index is 0.0958. The van der Waals surface area contributed by atoms with Gasteiger partial charge in [-0.1, -0.05) is 43.2 Å². The molecule has 1 amide bonds. The molecule has 7 nitrogen and oxygen atoms in total. The van der Waals surface area contributed by atoms with Crippen molar-refractivity contribution in [2.75, 3.05) is 0 Å². The molecule has 174 valence electrons. The van der Waals surface area contributed by atoms with Gasteiger partial charge < -0.3 is 11.1 Å². The van der Waals surface area contributed by atoms with Crippen LogP contribution in [0.4, 0.5) is 0 Å². The molecule has 2 aromatic rings. The van der Waals surface area contributed by atoms with Crippen molar-refractivity contribution < 1.29 is 13.2 Å². The Balaban J connectivity index is 1.46. The number of hydrogen-bond acceptors (Lipinski definition) is 5. The zero-order valence-electron chi connectivity index (χ0n) is 19.0. The fourth-order valence-electron chi connectivity index (χ4n) is 4.71. The summed E-state index contributed by atoms with van der Waals surface area (Å²) in [5.74, 6) is -0.244. The molecule has 33 heavy (non-hydrogen) atoms. The van der Waals surface area contributed by atoms with Gasteiger partial charge in [0.2, 0.25) is 15.9 Å². The van der Waals surface area contributed by atoms with Crippen molar-refractivity contribution in [2.45, 2.75) is 75.0 Å². The third kappa shape index (κ3) is 4.54. The van der Waals surface area contributed by atoms with Crippen molar-refractivity contribution >= 4 is 15.9 Å². The van der Waals surface area contributed by atoms with Crippen LogP contribution in [0.1, 0.15) is 50.7 Å². The summed E-state index contributed by atoms with van der Waals surface area (Å²) in [5, 5.41) is 12.3. The number of fused-ring (bicyclic) bond motifs is 1. The van der Waals surface area contributed by atoms with Crippen molar-refractivity contribution in [1.82, 2.24) is 9.62 Å². The van der Waals surface area contributed by atoms with Crippen LogP contribution in [-0.2, 0) is 27.8 Å². The Labute approximate surface area is 195 Å². The van der Waals surface area contributed by atoms with E-state index in [1.807, 2.05) is 50.2 Å². The Hall–Kier alpha value is -2.73. The van der Waals surface area contributed by atoms with E-state index < -0.39 is 21.6 Å². The molecule has 8 heteroatoms. The monoisotopic (exact) mass is 466 g/mol. The molecule has 3 N–H and O–H groups in total. The summed E-state index contributed by atoms with van der Waals surface area (Å²) < 4.78 is 26.9. The third-order valence-corrected chi connectivity index (χ3v) is 8.81. The van der Waals surface area contributed by atoms with Gasteiger partial charge in [0.25, 0.3) is 0 Å². The second kappa shape index (κ2) is 8.90. The van der Waals surface area contributed by atoms with Gasteiger partial charge >= 0.3 is 0 Å². The van der Waals surface area contributed by atoms with Gasteiger partial charge in [-0.15, -0.1) is 0 Å². The predicted molar refractivity (Wildman–Crippen MR) is 126 cm³/mol. The van der Waals surface area contributed by atoms with Gasteiger partial charge in [0.1, 0.15) is 6.04 Å². The maximum atomic E-state index is 12.7. The van der Waals surface area contributed by atoms with Crippen LogP contribution >= 0.6 is 0 Å². The molecule has 0 saturated heterocycles. The first-order valence-corrected chi connectivity index (χ1v) is 12.8. The van der Waals surface area contributed by atoms with Crippen LogP contribution in [0.5, 0.6) is 0 Å². The second-order valence-corrected chi connectivity index (χ2v) is 11.2. The van der Waals surface area contributed by atoms with Crippen LogP contribution < -0.4 is 11.1 Å². The molecule has 0 bridgehead atoms. The Morgan fingerprint density at radius 1 is 1.15 bits per heavy atom. The van der Waals surface area contributed by atoms with Crippen LogP contribution in [0.3, 0.4) is 0 Å². The first kappa shape index (κ1) is 23.4. The van der Waals surface area contributed by atoms with Gasteiger partial charge in [-0.2, -0.15) is 9.57 Å². The lowest BCUT2D eigenvalue weighted by atomic mass is 9.96. The van der Waals surface area contributed by atoms with E-state index in [9.17, 15) is 18.5 Å². The zero-order chi connectivity index (χ0) is 23.8. The minimum Gasteiger partial charge on any atom is -0.338 e. The Bertz CT molecular complexity index is 1190. The van der Waals surface area contributed by atoms with Crippen LogP contribution in [0.15, 0.2) is 47.4 Å². The van der Waals surface area contributed by atoms with E-state index in [2.05, 4.69) is 11.4 Å². The normalized spacial score (nSPS) is 19.7. The molecule has 0 radical (unpaired) electrons. The minimum atomic E-state index is -3.43. The van der Waals surface area contributed by atoms with Crippen molar-refractivity contribution in [1.29, 1.82) is 5.26 Å². The number of sulfonamides is 1. The van der Waals surface area contributed by atoms with E-state index in [1.165, 1.54) is 4.31 Å². The standard InChI is InChI=1S/C25H30N4O3S/c1-17(2)29-16-21-14-20(9-10-23(21)33(29,31)32)19-7-5-18(6-8-19)13-22(15-26)28-24(30)25(27)11-3-4-12-25/h5-10,14,17,22H,3-4,11-13,16,27H2,1-2H3,(H,28,30)/t22-/m0/s1. The van der Waals surface area contributed by atoms with E-state index >= 15 is 0 Å². The fraction of sp³-hybridized carbons (Fsp3) is 0.440. The molecule has 1 atom stereocenters. The number of carbonyl (C=O) groups excluding carboxylic acids is 1. The first-order chi connectivity index (χ1) is 15.6. The van der Waals surface area contributed by atoms with E-state index in [0.29, 0.717) is 30.7 Å². The highest BCUT2D eigenvalue weighted by atomic mass is 32.2. The number of nitrogens with one attached hydrogen (secondary N) is 1. The van der Waals surface area contributed by atoms with Crippen LogP contribution in [0.2, 0.25) is 0 Å². The number of nitrogens with two attached hydrogens (primary N) is 1. The molecule has 2 aromatic carbocycles. The lowest BCUT2D eigenvalue weighted by Gasteiger charge is -2.24. The van der Waals surface area contributed by atoms with Gasteiger partial charge in [0.15, 0.2) is 0 Å². The molecule has 1 heterocycles. The molecule has 1 aliphatic carbocycles. The van der Waals surface area contributed by atoms with Crippen molar-refractivity contribution in [3.05, 3.63) is 53.6 Å². The smallest absolute Gasteiger partial charge is 0.243 e. The van der Waals surface area contributed by atoms with Crippen molar-refractivity contribution in [3.63, 3.8) is 0 Å². The van der Waals surface area contributed by atoms with E-state index in [1.54, 1.807) is 6.07 Å². The Morgan fingerprint density at radius 2 is 1.79 bits per heavy atom. The number of hydrogen-bond donors (Lipinski definition) is 2. The predicted octanol–water partition coefficient (Wildman–Crippen LogP) is 3.09. The maximum Gasteiger partial charge on any atom is 0.243 e. The van der Waals surface area contributed by atoms with Gasteiger partial charge in [-0.25, -0.2) is 8.42 Å². The van der Waals surface area contributed by atoms with E-state index in [-0.39, 0.29) is 11.9 Å². The number of benzene rings is 2. The molecule has 1 aliphatic heterocycles. The number of carbonyl (C=O) groups is 1. The molecule has 0 unspecified atom stereocenters. The molecule has 1 saturated carbocycles. The molecule has 0 aromatic heterocycles. The lowest BCUT2D eigenvalue weighted by Crippen LogP contribution is -2.54. The van der Waals surface area contributed by atoms with Crippen LogP contribution in [0, 0.1) is 11.3 Å². The van der Waals surface area contributed by atoms with Gasteiger partial charge in [0.05, 0.1) is 16.5 Å². The Morgan fingerprint density at radius 3 is 2.39 bits per heavy atom. The highest BCUT2D eigenvalue weighted by molar-refractivity contribution is 7.89. The first-order valence-electron chi connectivity index (χ1n) is 11.4. The maximum absolute atomic E-state index is 12.7. The second-order valence-electron chi connectivity index (χ2n) is 9.39. The third-order valence-electron chi connectivity index (χ3n) is 6.69. The van der Waals surface area contributed by atoms with Crippen LogP contribution in [0.25, 0.3) is 11.1 Å². The lowest BCUT2D eigenvalue weighted by molar-refractivity contribution is -0.126. The van der Waals surface area contributed by atoms with Crippen molar-refractivity contribution in [3.8, 4) is 17.2 Å².